The number of halogens is 1. The van der Waals surface area contributed by atoms with Gasteiger partial charge in [-0.3, -0.25) is 4.79 Å². The summed E-state index contributed by atoms with van der Waals surface area (Å²) in [5.74, 6) is 1.27. The number of pyridine rings is 1. The number of fused-ring (bicyclic) bond motifs is 1. The van der Waals surface area contributed by atoms with Gasteiger partial charge in [0.15, 0.2) is 0 Å². The number of amides is 1. The van der Waals surface area contributed by atoms with Gasteiger partial charge in [0.1, 0.15) is 5.82 Å². The van der Waals surface area contributed by atoms with Crippen LogP contribution in [0.25, 0.3) is 0 Å². The zero-order valence-corrected chi connectivity index (χ0v) is 14.4. The molecule has 1 saturated heterocycles. The van der Waals surface area contributed by atoms with Crippen LogP contribution in [0.15, 0.2) is 47.1 Å². The van der Waals surface area contributed by atoms with Crippen molar-refractivity contribution in [2.45, 2.75) is 12.8 Å². The van der Waals surface area contributed by atoms with E-state index in [4.69, 9.17) is 0 Å². The second kappa shape index (κ2) is 5.96. The standard InChI is InChI=1S/C18H18BrN3O/c19-15-5-6-17(20-11-15)21-9-7-14(12-21)18(23)22-10-8-13-3-1-2-4-16(13)22/h1-6,11,14H,7-10,12H2. The van der Waals surface area contributed by atoms with E-state index in [1.54, 1.807) is 6.20 Å². The molecule has 4 nitrogen and oxygen atoms in total. The van der Waals surface area contributed by atoms with E-state index in [9.17, 15) is 4.79 Å². The van der Waals surface area contributed by atoms with Crippen molar-refractivity contribution in [1.29, 1.82) is 0 Å². The van der Waals surface area contributed by atoms with E-state index in [-0.39, 0.29) is 11.8 Å². The van der Waals surface area contributed by atoms with Crippen molar-refractivity contribution in [3.05, 3.63) is 52.6 Å². The molecule has 0 radical (unpaired) electrons. The largest absolute Gasteiger partial charge is 0.356 e. The number of rotatable bonds is 2. The minimum atomic E-state index is 0.0617. The van der Waals surface area contributed by atoms with Crippen LogP contribution in [0.3, 0.4) is 0 Å². The first-order chi connectivity index (χ1) is 11.2. The molecule has 5 heteroatoms. The third-order valence-electron chi connectivity index (χ3n) is 4.73. The second-order valence-corrected chi connectivity index (χ2v) is 7.05. The molecule has 1 fully saturated rings. The zero-order valence-electron chi connectivity index (χ0n) is 12.8. The van der Waals surface area contributed by atoms with Gasteiger partial charge in [-0.1, -0.05) is 18.2 Å². The Balaban J connectivity index is 1.48. The Bertz CT molecular complexity index is 731. The van der Waals surface area contributed by atoms with Crippen LogP contribution in [0.1, 0.15) is 12.0 Å². The first-order valence-electron chi connectivity index (χ1n) is 7.98. The van der Waals surface area contributed by atoms with Crippen LogP contribution in [0, 0.1) is 5.92 Å². The van der Waals surface area contributed by atoms with Gasteiger partial charge in [-0.25, -0.2) is 4.98 Å². The van der Waals surface area contributed by atoms with Crippen LogP contribution in [-0.2, 0) is 11.2 Å². The highest BCUT2D eigenvalue weighted by molar-refractivity contribution is 9.10. The molecule has 4 rings (SSSR count). The van der Waals surface area contributed by atoms with Gasteiger partial charge in [0.2, 0.25) is 5.91 Å². The van der Waals surface area contributed by atoms with E-state index in [0.717, 1.165) is 48.5 Å². The summed E-state index contributed by atoms with van der Waals surface area (Å²) < 4.78 is 0.974. The van der Waals surface area contributed by atoms with E-state index in [0.29, 0.717) is 0 Å². The fraction of sp³-hybridized carbons (Fsp3) is 0.333. The van der Waals surface area contributed by atoms with Gasteiger partial charge in [-0.2, -0.15) is 0 Å². The maximum atomic E-state index is 12.9. The van der Waals surface area contributed by atoms with Crippen LogP contribution < -0.4 is 9.80 Å². The van der Waals surface area contributed by atoms with E-state index >= 15 is 0 Å². The van der Waals surface area contributed by atoms with Crippen molar-refractivity contribution in [2.75, 3.05) is 29.4 Å². The van der Waals surface area contributed by atoms with E-state index in [2.05, 4.69) is 37.9 Å². The Morgan fingerprint density at radius 1 is 1.17 bits per heavy atom. The van der Waals surface area contributed by atoms with Crippen molar-refractivity contribution >= 4 is 33.3 Å². The molecule has 0 N–H and O–H groups in total. The molecule has 1 amide bonds. The Hall–Kier alpha value is -1.88. The SMILES string of the molecule is O=C(C1CCN(c2ccc(Br)cn2)C1)N1CCc2ccccc21. The van der Waals surface area contributed by atoms with E-state index < -0.39 is 0 Å². The van der Waals surface area contributed by atoms with E-state index in [1.807, 2.05) is 29.2 Å². The number of nitrogens with zero attached hydrogens (tertiary/aromatic N) is 3. The first-order valence-corrected chi connectivity index (χ1v) is 8.77. The molecule has 1 unspecified atom stereocenters. The number of carbonyl (C=O) groups excluding carboxylic acids is 1. The maximum absolute atomic E-state index is 12.9. The Morgan fingerprint density at radius 3 is 2.87 bits per heavy atom. The molecule has 1 atom stereocenters. The van der Waals surface area contributed by atoms with Gasteiger partial charge in [-0.05, 0) is 52.5 Å². The van der Waals surface area contributed by atoms with Crippen LogP contribution in [0.4, 0.5) is 11.5 Å². The molecule has 0 bridgehead atoms. The minimum Gasteiger partial charge on any atom is -0.356 e. The highest BCUT2D eigenvalue weighted by Crippen LogP contribution is 2.31. The molecule has 2 aromatic rings. The summed E-state index contributed by atoms with van der Waals surface area (Å²) in [4.78, 5) is 21.5. The predicted octanol–water partition coefficient (Wildman–Crippen LogP) is 3.26. The van der Waals surface area contributed by atoms with Crippen LogP contribution in [0.5, 0.6) is 0 Å². The normalized spacial score (nSPS) is 20.0. The highest BCUT2D eigenvalue weighted by Gasteiger charge is 2.34. The lowest BCUT2D eigenvalue weighted by molar-refractivity contribution is -0.121. The molecule has 0 spiro atoms. The molecule has 118 valence electrons. The van der Waals surface area contributed by atoms with Crippen LogP contribution >= 0.6 is 15.9 Å². The molecule has 23 heavy (non-hydrogen) atoms. The third-order valence-corrected chi connectivity index (χ3v) is 5.20. The monoisotopic (exact) mass is 371 g/mol. The number of hydrogen-bond acceptors (Lipinski definition) is 3. The number of aromatic nitrogens is 1. The molecule has 2 aliphatic rings. The summed E-state index contributed by atoms with van der Waals surface area (Å²) in [7, 11) is 0. The lowest BCUT2D eigenvalue weighted by atomic mass is 10.1. The van der Waals surface area contributed by atoms with Gasteiger partial charge in [0, 0.05) is 36.0 Å². The smallest absolute Gasteiger partial charge is 0.231 e. The molecule has 0 saturated carbocycles. The molecule has 0 aliphatic carbocycles. The molecule has 1 aromatic carbocycles. The quantitative estimate of drug-likeness (QED) is 0.812. The zero-order chi connectivity index (χ0) is 15.8. The summed E-state index contributed by atoms with van der Waals surface area (Å²) in [6, 6.07) is 12.2. The maximum Gasteiger partial charge on any atom is 0.231 e. The molecule has 1 aromatic heterocycles. The molecular weight excluding hydrogens is 354 g/mol. The predicted molar refractivity (Wildman–Crippen MR) is 94.8 cm³/mol. The second-order valence-electron chi connectivity index (χ2n) is 6.13. The number of benzene rings is 1. The first kappa shape index (κ1) is 14.7. The lowest BCUT2D eigenvalue weighted by Crippen LogP contribution is -2.36. The summed E-state index contributed by atoms with van der Waals surface area (Å²) in [6.45, 7) is 2.46. The van der Waals surface area contributed by atoms with Crippen molar-refractivity contribution in [3.8, 4) is 0 Å². The van der Waals surface area contributed by atoms with Gasteiger partial charge in [0.25, 0.3) is 0 Å². The van der Waals surface area contributed by atoms with Gasteiger partial charge >= 0.3 is 0 Å². The number of hydrogen-bond donors (Lipinski definition) is 0. The van der Waals surface area contributed by atoms with Crippen molar-refractivity contribution < 1.29 is 4.79 Å². The van der Waals surface area contributed by atoms with Crippen LogP contribution in [-0.4, -0.2) is 30.5 Å². The van der Waals surface area contributed by atoms with Gasteiger partial charge in [-0.15, -0.1) is 0 Å². The summed E-state index contributed by atoms with van der Waals surface area (Å²) in [6.07, 6.45) is 3.67. The third kappa shape index (κ3) is 2.74. The van der Waals surface area contributed by atoms with Crippen molar-refractivity contribution in [3.63, 3.8) is 0 Å². The average Bonchev–Trinajstić information content (AvgIpc) is 3.22. The molecule has 3 heterocycles. The number of para-hydroxylation sites is 1. The van der Waals surface area contributed by atoms with Crippen LogP contribution in [0.2, 0.25) is 0 Å². The summed E-state index contributed by atoms with van der Waals surface area (Å²) >= 11 is 3.41. The highest BCUT2D eigenvalue weighted by atomic mass is 79.9. The lowest BCUT2D eigenvalue weighted by Gasteiger charge is -2.22. The fourth-order valence-electron chi connectivity index (χ4n) is 3.51. The Morgan fingerprint density at radius 2 is 2.04 bits per heavy atom. The summed E-state index contributed by atoms with van der Waals surface area (Å²) in [5.41, 5.74) is 2.38. The van der Waals surface area contributed by atoms with Gasteiger partial charge in [0.05, 0.1) is 5.92 Å². The fourth-order valence-corrected chi connectivity index (χ4v) is 3.75. The number of anilines is 2. The topological polar surface area (TPSA) is 36.4 Å². The number of carbonyl (C=O) groups is 1. The van der Waals surface area contributed by atoms with E-state index in [1.165, 1.54) is 5.56 Å². The minimum absolute atomic E-state index is 0.0617. The van der Waals surface area contributed by atoms with Gasteiger partial charge < -0.3 is 9.80 Å². The Kier molecular flexibility index (Phi) is 3.81. The van der Waals surface area contributed by atoms with Crippen molar-refractivity contribution in [2.24, 2.45) is 5.92 Å². The average molecular weight is 372 g/mol. The molecular formula is C18H18BrN3O. The summed E-state index contributed by atoms with van der Waals surface area (Å²) in [5, 5.41) is 0. The Labute approximate surface area is 144 Å². The van der Waals surface area contributed by atoms with Crippen molar-refractivity contribution in [1.82, 2.24) is 4.98 Å². The molecule has 2 aliphatic heterocycles.